The van der Waals surface area contributed by atoms with E-state index in [4.69, 9.17) is 0 Å². The largest absolute Gasteiger partial charge is 0.113 e. The van der Waals surface area contributed by atoms with Gasteiger partial charge < -0.3 is 0 Å². The molecule has 160 valence electrons. The Morgan fingerprint density at radius 2 is 1.22 bits per heavy atom. The lowest BCUT2D eigenvalue weighted by atomic mass is 10.1. The third kappa shape index (κ3) is 6.24. The third-order valence-electron chi connectivity index (χ3n) is 5.50. The van der Waals surface area contributed by atoms with E-state index >= 15 is 0 Å². The second-order valence-electron chi connectivity index (χ2n) is 7.86. The summed E-state index contributed by atoms with van der Waals surface area (Å²) in [6.45, 7) is 4.28. The Kier molecular flexibility index (Phi) is 9.38. The third-order valence-corrected chi connectivity index (χ3v) is 9.93. The van der Waals surface area contributed by atoms with Crippen LogP contribution in [-0.2, 0) is 0 Å². The van der Waals surface area contributed by atoms with E-state index in [1.165, 1.54) is 15.9 Å². The summed E-state index contributed by atoms with van der Waals surface area (Å²) < 4.78 is 0. The van der Waals surface area contributed by atoms with E-state index < -0.39 is 7.26 Å². The quantitative estimate of drug-likeness (QED) is 0.299. The monoisotopic (exact) mass is 435 g/mol. The van der Waals surface area contributed by atoms with Crippen LogP contribution in [0, 0.1) is 29.6 Å². The number of rotatable bonds is 7. The van der Waals surface area contributed by atoms with Crippen LogP contribution in [0.1, 0.15) is 33.1 Å². The molecule has 0 heterocycles. The first-order valence-corrected chi connectivity index (χ1v) is 13.4. The molecule has 3 rings (SSSR count). The van der Waals surface area contributed by atoms with Crippen LogP contribution < -0.4 is 15.9 Å². The van der Waals surface area contributed by atoms with Crippen LogP contribution in [0.15, 0.2) is 103 Å². The van der Waals surface area contributed by atoms with E-state index in [0.717, 1.165) is 25.4 Å². The Morgan fingerprint density at radius 1 is 0.719 bits per heavy atom. The van der Waals surface area contributed by atoms with Gasteiger partial charge in [0.05, 0.1) is 6.16 Å². The highest BCUT2D eigenvalue weighted by molar-refractivity contribution is 7.95. The maximum Gasteiger partial charge on any atom is 0.113 e. The fourth-order valence-electron chi connectivity index (χ4n) is 3.88. The lowest BCUT2D eigenvalue weighted by Crippen LogP contribution is -2.33. The number of benzene rings is 3. The molecule has 3 aromatic rings. The maximum atomic E-state index is 3.43. The van der Waals surface area contributed by atoms with Crippen molar-refractivity contribution in [2.75, 3.05) is 6.16 Å². The normalized spacial score (nSPS) is 11.8. The molecule has 0 amide bonds. The smallest absolute Gasteiger partial charge is 0.104 e. The molecule has 0 saturated carbocycles. The van der Waals surface area contributed by atoms with Gasteiger partial charge >= 0.3 is 0 Å². The zero-order valence-electron chi connectivity index (χ0n) is 19.2. The van der Waals surface area contributed by atoms with Gasteiger partial charge in [0.25, 0.3) is 0 Å². The van der Waals surface area contributed by atoms with Crippen molar-refractivity contribution >= 4 is 23.2 Å². The summed E-state index contributed by atoms with van der Waals surface area (Å²) in [5.74, 6) is 13.5. The molecular weight excluding hydrogens is 403 g/mol. The standard InChI is InChI=1S/C31H32P/c1-3-4-10-19-28(2)20-11-5-6-18-27-32(29-21-12-7-13-22-29,30-23-14-8-15-24-30)31-25-16-9-17-26-31/h7-9,11-17,20-26,28H,3,18-19,27H2,1-2H3/q+1/b20-11+/t28-/m0/s1. The van der Waals surface area contributed by atoms with Gasteiger partial charge in [0.1, 0.15) is 23.2 Å². The summed E-state index contributed by atoms with van der Waals surface area (Å²) in [6, 6.07) is 33.0. The average molecular weight is 436 g/mol. The minimum atomic E-state index is -1.78. The summed E-state index contributed by atoms with van der Waals surface area (Å²) in [6.07, 6.45) is 7.89. The molecule has 0 N–H and O–H groups in total. The second-order valence-corrected chi connectivity index (χ2v) is 11.5. The van der Waals surface area contributed by atoms with Crippen LogP contribution in [-0.4, -0.2) is 6.16 Å². The van der Waals surface area contributed by atoms with E-state index in [1.807, 2.05) is 6.08 Å². The molecule has 0 aromatic heterocycles. The fourth-order valence-corrected chi connectivity index (χ4v) is 8.03. The highest BCUT2D eigenvalue weighted by Crippen LogP contribution is 2.55. The summed E-state index contributed by atoms with van der Waals surface area (Å²) in [5.41, 5.74) is 0. The lowest BCUT2D eigenvalue weighted by molar-refractivity contribution is 0.759. The van der Waals surface area contributed by atoms with Crippen molar-refractivity contribution in [3.8, 4) is 23.7 Å². The number of allylic oxidation sites excluding steroid dienone is 2. The second kappa shape index (κ2) is 12.7. The van der Waals surface area contributed by atoms with Gasteiger partial charge in [-0.3, -0.25) is 0 Å². The first-order chi connectivity index (χ1) is 15.8. The van der Waals surface area contributed by atoms with Gasteiger partial charge in [-0.05, 0) is 48.4 Å². The summed E-state index contributed by atoms with van der Waals surface area (Å²) in [5, 5.41) is 4.24. The maximum absolute atomic E-state index is 3.43. The average Bonchev–Trinajstić information content (AvgIpc) is 2.85. The molecule has 0 radical (unpaired) electrons. The molecule has 1 heteroatoms. The SMILES string of the molecule is CCC#CC[C@H](C)/C=C/C#CCC[P+](c1ccccc1)(c1ccccc1)c1ccccc1. The molecule has 0 aliphatic heterocycles. The highest BCUT2D eigenvalue weighted by atomic mass is 31.2. The summed E-state index contributed by atoms with van der Waals surface area (Å²) in [7, 11) is -1.78. The minimum Gasteiger partial charge on any atom is -0.104 e. The first-order valence-electron chi connectivity index (χ1n) is 11.4. The molecule has 0 nitrogen and oxygen atoms in total. The van der Waals surface area contributed by atoms with Gasteiger partial charge in [0.15, 0.2) is 0 Å². The first kappa shape index (κ1) is 23.6. The molecule has 0 aliphatic rings. The molecule has 0 unspecified atom stereocenters. The molecule has 0 aliphatic carbocycles. The Hall–Kier alpha value is -3.05. The molecule has 1 atom stereocenters. The van der Waals surface area contributed by atoms with Crippen molar-refractivity contribution in [3.63, 3.8) is 0 Å². The van der Waals surface area contributed by atoms with Crippen molar-refractivity contribution in [3.05, 3.63) is 103 Å². The van der Waals surface area contributed by atoms with E-state index in [9.17, 15) is 0 Å². The van der Waals surface area contributed by atoms with Crippen LogP contribution >= 0.6 is 7.26 Å². The fraction of sp³-hybridized carbons (Fsp3) is 0.226. The Balaban J connectivity index is 1.88. The topological polar surface area (TPSA) is 0 Å². The van der Waals surface area contributed by atoms with Crippen molar-refractivity contribution < 1.29 is 0 Å². The highest BCUT2D eigenvalue weighted by Gasteiger charge is 2.44. The van der Waals surface area contributed by atoms with Crippen LogP contribution in [0.2, 0.25) is 0 Å². The summed E-state index contributed by atoms with van der Waals surface area (Å²) >= 11 is 0. The van der Waals surface area contributed by atoms with E-state index in [2.05, 4.69) is 135 Å². The molecule has 3 aromatic carbocycles. The molecule has 0 saturated heterocycles. The van der Waals surface area contributed by atoms with Gasteiger partial charge in [-0.25, -0.2) is 0 Å². The number of hydrogen-bond donors (Lipinski definition) is 0. The minimum absolute atomic E-state index is 0.438. The molecular formula is C31H32P+. The van der Waals surface area contributed by atoms with Crippen LogP contribution in [0.4, 0.5) is 0 Å². The molecule has 0 bridgehead atoms. The Labute approximate surface area is 195 Å². The van der Waals surface area contributed by atoms with Crippen molar-refractivity contribution in [2.24, 2.45) is 5.92 Å². The zero-order valence-corrected chi connectivity index (χ0v) is 20.1. The Morgan fingerprint density at radius 3 is 1.69 bits per heavy atom. The van der Waals surface area contributed by atoms with Crippen LogP contribution in [0.3, 0.4) is 0 Å². The molecule has 0 spiro atoms. The van der Waals surface area contributed by atoms with Crippen LogP contribution in [0.5, 0.6) is 0 Å². The van der Waals surface area contributed by atoms with Gasteiger partial charge in [-0.2, -0.15) is 0 Å². The van der Waals surface area contributed by atoms with Crippen molar-refractivity contribution in [1.82, 2.24) is 0 Å². The van der Waals surface area contributed by atoms with Crippen molar-refractivity contribution in [1.29, 1.82) is 0 Å². The van der Waals surface area contributed by atoms with Gasteiger partial charge in [-0.15, -0.1) is 11.8 Å². The van der Waals surface area contributed by atoms with Crippen molar-refractivity contribution in [2.45, 2.75) is 33.1 Å². The molecule has 32 heavy (non-hydrogen) atoms. The molecule has 0 fully saturated rings. The van der Waals surface area contributed by atoms with E-state index in [1.54, 1.807) is 0 Å². The lowest BCUT2D eigenvalue weighted by Gasteiger charge is -2.27. The van der Waals surface area contributed by atoms with Crippen LogP contribution in [0.25, 0.3) is 0 Å². The van der Waals surface area contributed by atoms with E-state index in [-0.39, 0.29) is 0 Å². The van der Waals surface area contributed by atoms with Gasteiger partial charge in [0.2, 0.25) is 0 Å². The number of hydrogen-bond acceptors (Lipinski definition) is 0. The predicted octanol–water partition coefficient (Wildman–Crippen LogP) is 6.37. The Bertz CT molecular complexity index is 994. The predicted molar refractivity (Wildman–Crippen MR) is 143 cm³/mol. The summed E-state index contributed by atoms with van der Waals surface area (Å²) in [4.78, 5) is 0. The van der Waals surface area contributed by atoms with Gasteiger partial charge in [-0.1, -0.05) is 86.4 Å². The van der Waals surface area contributed by atoms with Gasteiger partial charge in [0, 0.05) is 19.3 Å². The zero-order chi connectivity index (χ0) is 22.5. The van der Waals surface area contributed by atoms with E-state index in [0.29, 0.717) is 5.92 Å².